The predicted octanol–water partition coefficient (Wildman–Crippen LogP) is 2.36. The number of hydrogen-bond donors (Lipinski definition) is 3. The lowest BCUT2D eigenvalue weighted by Crippen LogP contribution is -2.23. The molecule has 8 nitrogen and oxygen atoms in total. The third-order valence-corrected chi connectivity index (χ3v) is 4.62. The largest absolute Gasteiger partial charge is 0.383 e. The van der Waals surface area contributed by atoms with Crippen LogP contribution in [0.15, 0.2) is 48.9 Å². The van der Waals surface area contributed by atoms with Crippen molar-refractivity contribution < 1.29 is 9.59 Å². The van der Waals surface area contributed by atoms with Gasteiger partial charge >= 0.3 is 0 Å². The first kappa shape index (κ1) is 18.5. The topological polar surface area (TPSA) is 123 Å². The Kier molecular flexibility index (Phi) is 4.90. The van der Waals surface area contributed by atoms with Crippen LogP contribution in [0.3, 0.4) is 0 Å². The lowest BCUT2D eigenvalue weighted by Gasteiger charge is -2.09. The number of pyridine rings is 3. The molecule has 4 N–H and O–H groups in total. The minimum atomic E-state index is -0.437. The molecule has 1 fully saturated rings. The molecule has 0 unspecified atom stereocenters. The summed E-state index contributed by atoms with van der Waals surface area (Å²) >= 11 is 0. The van der Waals surface area contributed by atoms with Crippen LogP contribution >= 0.6 is 0 Å². The third kappa shape index (κ3) is 4.37. The number of amides is 2. The van der Waals surface area contributed by atoms with Crippen molar-refractivity contribution in [2.45, 2.75) is 25.8 Å². The van der Waals surface area contributed by atoms with Crippen LogP contribution in [-0.4, -0.2) is 32.8 Å². The minimum Gasteiger partial charge on any atom is -0.383 e. The fraction of sp³-hybridized carbons (Fsp3) is 0.190. The van der Waals surface area contributed by atoms with E-state index in [1.807, 2.05) is 19.1 Å². The Morgan fingerprint density at radius 1 is 1.17 bits per heavy atom. The van der Waals surface area contributed by atoms with Crippen LogP contribution in [0, 0.1) is 6.92 Å². The molecule has 0 radical (unpaired) electrons. The second kappa shape index (κ2) is 7.67. The maximum atomic E-state index is 12.1. The first-order valence-corrected chi connectivity index (χ1v) is 9.26. The molecule has 3 heterocycles. The van der Waals surface area contributed by atoms with Gasteiger partial charge < -0.3 is 16.4 Å². The Morgan fingerprint density at radius 3 is 2.72 bits per heavy atom. The molecule has 146 valence electrons. The molecule has 1 aliphatic rings. The van der Waals surface area contributed by atoms with E-state index in [-0.39, 0.29) is 11.9 Å². The van der Waals surface area contributed by atoms with Crippen molar-refractivity contribution >= 4 is 34.2 Å². The minimum absolute atomic E-state index is 0.245. The van der Waals surface area contributed by atoms with Gasteiger partial charge in [0.1, 0.15) is 11.6 Å². The number of fused-ring (bicyclic) bond motifs is 1. The zero-order chi connectivity index (χ0) is 20.4. The number of nitrogens with two attached hydrogens (primary N) is 1. The number of anilines is 2. The van der Waals surface area contributed by atoms with Crippen molar-refractivity contribution in [3.8, 4) is 11.3 Å². The number of aryl methyl sites for hydroxylation is 1. The maximum absolute atomic E-state index is 12.1. The van der Waals surface area contributed by atoms with E-state index in [1.165, 1.54) is 12.2 Å². The van der Waals surface area contributed by atoms with Crippen LogP contribution in [0.5, 0.6) is 0 Å². The Bertz CT molecular complexity index is 1140. The Hall–Kier alpha value is -3.81. The number of carbonyl (C=O) groups is 2. The lowest BCUT2D eigenvalue weighted by atomic mass is 10.1. The van der Waals surface area contributed by atoms with E-state index in [9.17, 15) is 9.59 Å². The van der Waals surface area contributed by atoms with Gasteiger partial charge in [0.05, 0.1) is 5.69 Å². The van der Waals surface area contributed by atoms with E-state index < -0.39 is 5.91 Å². The summed E-state index contributed by atoms with van der Waals surface area (Å²) < 4.78 is 0. The van der Waals surface area contributed by atoms with Crippen LogP contribution in [0.4, 0.5) is 11.6 Å². The van der Waals surface area contributed by atoms with Crippen LogP contribution < -0.4 is 16.4 Å². The summed E-state index contributed by atoms with van der Waals surface area (Å²) in [5.41, 5.74) is 8.72. The number of aromatic nitrogens is 3. The van der Waals surface area contributed by atoms with Crippen molar-refractivity contribution in [2.75, 3.05) is 11.1 Å². The maximum Gasteiger partial charge on any atom is 0.249 e. The highest BCUT2D eigenvalue weighted by Gasteiger charge is 2.22. The van der Waals surface area contributed by atoms with Crippen LogP contribution in [0.1, 0.15) is 18.4 Å². The molecular weight excluding hydrogens is 368 g/mol. The van der Waals surface area contributed by atoms with Crippen molar-refractivity contribution in [2.24, 2.45) is 0 Å². The molecule has 3 aromatic heterocycles. The molecule has 3 aromatic rings. The van der Waals surface area contributed by atoms with Gasteiger partial charge in [-0.1, -0.05) is 0 Å². The van der Waals surface area contributed by atoms with E-state index >= 15 is 0 Å². The van der Waals surface area contributed by atoms with E-state index in [0.717, 1.165) is 29.4 Å². The second-order valence-corrected chi connectivity index (χ2v) is 6.98. The van der Waals surface area contributed by atoms with Crippen LogP contribution in [0.2, 0.25) is 0 Å². The van der Waals surface area contributed by atoms with Gasteiger partial charge in [-0.05, 0) is 48.9 Å². The average Bonchev–Trinajstić information content (AvgIpc) is 3.50. The zero-order valence-corrected chi connectivity index (χ0v) is 15.8. The first-order valence-electron chi connectivity index (χ1n) is 9.26. The standard InChI is InChI=1S/C21H20N6O2/c1-12-6-7-23-10-15(12)17-8-13-9-18(24-11-16(13)21(22)26-17)27-20(29)5-4-19(28)25-14-2-3-14/h4-11,14H,2-3H2,1H3,(H2,22,26)(H,25,28)(H,24,27,29)/b5-4-. The molecule has 0 atom stereocenters. The van der Waals surface area contributed by atoms with Gasteiger partial charge in [0, 0.05) is 47.7 Å². The second-order valence-electron chi connectivity index (χ2n) is 6.98. The fourth-order valence-corrected chi connectivity index (χ4v) is 2.91. The summed E-state index contributed by atoms with van der Waals surface area (Å²) in [7, 11) is 0. The van der Waals surface area contributed by atoms with Crippen molar-refractivity contribution in [3.63, 3.8) is 0 Å². The van der Waals surface area contributed by atoms with Crippen LogP contribution in [-0.2, 0) is 9.59 Å². The van der Waals surface area contributed by atoms with E-state index in [1.54, 1.807) is 24.7 Å². The smallest absolute Gasteiger partial charge is 0.249 e. The summed E-state index contributed by atoms with van der Waals surface area (Å²) in [6.45, 7) is 1.98. The van der Waals surface area contributed by atoms with Gasteiger partial charge in [-0.2, -0.15) is 0 Å². The number of nitrogen functional groups attached to an aromatic ring is 1. The summed E-state index contributed by atoms with van der Waals surface area (Å²) in [4.78, 5) is 36.6. The number of nitrogens with zero attached hydrogens (tertiary/aromatic N) is 3. The fourth-order valence-electron chi connectivity index (χ4n) is 2.91. The summed E-state index contributed by atoms with van der Waals surface area (Å²) in [6.07, 6.45) is 9.42. The zero-order valence-electron chi connectivity index (χ0n) is 15.8. The molecule has 2 amide bonds. The average molecular weight is 388 g/mol. The lowest BCUT2D eigenvalue weighted by molar-refractivity contribution is -0.117. The number of carbonyl (C=O) groups excluding carboxylic acids is 2. The molecule has 0 saturated heterocycles. The molecular formula is C21H20N6O2. The van der Waals surface area contributed by atoms with Gasteiger partial charge in [0.2, 0.25) is 11.8 Å². The quantitative estimate of drug-likeness (QED) is 0.577. The molecule has 4 rings (SSSR count). The highest BCUT2D eigenvalue weighted by Crippen LogP contribution is 2.28. The first-order chi connectivity index (χ1) is 14.0. The van der Waals surface area contributed by atoms with E-state index in [4.69, 9.17) is 5.73 Å². The number of nitrogens with one attached hydrogen (secondary N) is 2. The molecule has 1 aliphatic carbocycles. The van der Waals surface area contributed by atoms with Crippen molar-refractivity contribution in [3.05, 3.63) is 54.5 Å². The van der Waals surface area contributed by atoms with Crippen molar-refractivity contribution in [1.82, 2.24) is 20.3 Å². The predicted molar refractivity (Wildman–Crippen MR) is 111 cm³/mol. The summed E-state index contributed by atoms with van der Waals surface area (Å²) in [5, 5.41) is 6.92. The molecule has 0 spiro atoms. The monoisotopic (exact) mass is 388 g/mol. The Balaban J connectivity index is 1.56. The van der Waals surface area contributed by atoms with E-state index in [2.05, 4.69) is 25.6 Å². The SMILES string of the molecule is Cc1ccncc1-c1cc2cc(NC(=O)/C=C\C(=O)NC3CC3)ncc2c(N)n1. The van der Waals surface area contributed by atoms with Gasteiger partial charge in [-0.25, -0.2) is 9.97 Å². The molecule has 8 heteroatoms. The third-order valence-electron chi connectivity index (χ3n) is 4.62. The Morgan fingerprint density at radius 2 is 1.97 bits per heavy atom. The highest BCUT2D eigenvalue weighted by molar-refractivity contribution is 6.04. The normalized spacial score (nSPS) is 13.6. The van der Waals surface area contributed by atoms with Crippen LogP contribution in [0.25, 0.3) is 22.0 Å². The summed E-state index contributed by atoms with van der Waals surface area (Å²) in [5.74, 6) is -0.00501. The van der Waals surface area contributed by atoms with Gasteiger partial charge in [-0.15, -0.1) is 0 Å². The molecule has 1 saturated carbocycles. The Labute approximate surface area is 167 Å². The van der Waals surface area contributed by atoms with Gasteiger partial charge in [0.15, 0.2) is 0 Å². The highest BCUT2D eigenvalue weighted by atomic mass is 16.2. The van der Waals surface area contributed by atoms with Gasteiger partial charge in [0.25, 0.3) is 0 Å². The molecule has 0 aliphatic heterocycles. The van der Waals surface area contributed by atoms with Gasteiger partial charge in [-0.3, -0.25) is 14.6 Å². The molecule has 29 heavy (non-hydrogen) atoms. The number of rotatable bonds is 5. The molecule has 0 aromatic carbocycles. The number of hydrogen-bond acceptors (Lipinski definition) is 6. The van der Waals surface area contributed by atoms with Crippen molar-refractivity contribution in [1.29, 1.82) is 0 Å². The molecule has 0 bridgehead atoms. The summed E-state index contributed by atoms with van der Waals surface area (Å²) in [6, 6.07) is 5.75. The van der Waals surface area contributed by atoms with E-state index in [0.29, 0.717) is 22.7 Å².